The number of aliphatic imine (C=N–C) groups is 1. The van der Waals surface area contributed by atoms with Gasteiger partial charge < -0.3 is 4.42 Å². The summed E-state index contributed by atoms with van der Waals surface area (Å²) in [5, 5.41) is 1.13. The Morgan fingerprint density at radius 1 is 1.31 bits per heavy atom. The molecule has 1 aliphatic heterocycles. The largest absolute Gasteiger partial charge is 0.464 e. The van der Waals surface area contributed by atoms with Gasteiger partial charge >= 0.3 is 0 Å². The van der Waals surface area contributed by atoms with Crippen LogP contribution < -0.4 is 0 Å². The molecule has 3 rings (SSSR count). The Bertz CT molecular complexity index is 644. The van der Waals surface area contributed by atoms with E-state index in [0.29, 0.717) is 0 Å². The molecule has 0 atom stereocenters. The van der Waals surface area contributed by atoms with E-state index in [4.69, 9.17) is 4.42 Å². The number of rotatable bonds is 1. The fourth-order valence-electron chi connectivity index (χ4n) is 1.91. The zero-order valence-electron chi connectivity index (χ0n) is 9.03. The number of benzene rings is 1. The van der Waals surface area contributed by atoms with Gasteiger partial charge in [0, 0.05) is 17.2 Å². The SMILES string of the molecule is C=C(C)C1=Cc2cccc3occ(c23)C=N1. The van der Waals surface area contributed by atoms with Crippen molar-refractivity contribution in [3.05, 3.63) is 53.4 Å². The van der Waals surface area contributed by atoms with Crippen molar-refractivity contribution < 1.29 is 4.42 Å². The third-order valence-corrected chi connectivity index (χ3v) is 2.73. The summed E-state index contributed by atoms with van der Waals surface area (Å²) in [5.74, 6) is 0. The van der Waals surface area contributed by atoms with Crippen molar-refractivity contribution in [1.29, 1.82) is 0 Å². The van der Waals surface area contributed by atoms with E-state index >= 15 is 0 Å². The predicted octanol–water partition coefficient (Wildman–Crippen LogP) is 3.78. The molecule has 0 saturated carbocycles. The minimum atomic E-state index is 0.901. The van der Waals surface area contributed by atoms with Crippen molar-refractivity contribution in [2.75, 3.05) is 0 Å². The minimum Gasteiger partial charge on any atom is -0.464 e. The lowest BCUT2D eigenvalue weighted by Gasteiger charge is -1.99. The first-order valence-corrected chi connectivity index (χ1v) is 5.17. The molecule has 2 heterocycles. The second-order valence-electron chi connectivity index (χ2n) is 3.98. The smallest absolute Gasteiger partial charge is 0.135 e. The molecule has 0 unspecified atom stereocenters. The molecule has 1 aromatic heterocycles. The van der Waals surface area contributed by atoms with Gasteiger partial charge in [-0.3, -0.25) is 4.99 Å². The number of furan rings is 1. The Morgan fingerprint density at radius 2 is 2.19 bits per heavy atom. The molecule has 0 fully saturated rings. The monoisotopic (exact) mass is 209 g/mol. The molecule has 0 aliphatic carbocycles. The van der Waals surface area contributed by atoms with Crippen LogP contribution in [0.4, 0.5) is 0 Å². The van der Waals surface area contributed by atoms with E-state index in [9.17, 15) is 0 Å². The summed E-state index contributed by atoms with van der Waals surface area (Å²) < 4.78 is 5.47. The molecule has 16 heavy (non-hydrogen) atoms. The average Bonchev–Trinajstić information content (AvgIpc) is 2.57. The third-order valence-electron chi connectivity index (χ3n) is 2.73. The zero-order chi connectivity index (χ0) is 11.1. The fraction of sp³-hybridized carbons (Fsp3) is 0.0714. The van der Waals surface area contributed by atoms with Gasteiger partial charge in [0.1, 0.15) is 11.8 Å². The fourth-order valence-corrected chi connectivity index (χ4v) is 1.91. The topological polar surface area (TPSA) is 25.5 Å². The molecule has 0 radical (unpaired) electrons. The molecule has 0 amide bonds. The van der Waals surface area contributed by atoms with Crippen molar-refractivity contribution in [1.82, 2.24) is 0 Å². The first-order valence-electron chi connectivity index (χ1n) is 5.17. The van der Waals surface area contributed by atoms with Crippen LogP contribution >= 0.6 is 0 Å². The van der Waals surface area contributed by atoms with Crippen LogP contribution in [0.3, 0.4) is 0 Å². The van der Waals surface area contributed by atoms with Gasteiger partial charge in [0.25, 0.3) is 0 Å². The molecular formula is C14H11NO. The normalized spacial score (nSPS) is 13.7. The highest BCUT2D eigenvalue weighted by Crippen LogP contribution is 2.29. The summed E-state index contributed by atoms with van der Waals surface area (Å²) in [6.45, 7) is 5.89. The summed E-state index contributed by atoms with van der Waals surface area (Å²) in [4.78, 5) is 4.41. The molecule has 2 aromatic rings. The summed E-state index contributed by atoms with van der Waals surface area (Å²) >= 11 is 0. The molecule has 2 nitrogen and oxygen atoms in total. The highest BCUT2D eigenvalue weighted by molar-refractivity contribution is 6.04. The highest BCUT2D eigenvalue weighted by atomic mass is 16.3. The maximum absolute atomic E-state index is 5.47. The van der Waals surface area contributed by atoms with E-state index in [-0.39, 0.29) is 0 Å². The van der Waals surface area contributed by atoms with Gasteiger partial charge in [0.15, 0.2) is 0 Å². The Morgan fingerprint density at radius 3 is 3.00 bits per heavy atom. The minimum absolute atomic E-state index is 0.901. The van der Waals surface area contributed by atoms with Crippen LogP contribution in [0.2, 0.25) is 0 Å². The van der Waals surface area contributed by atoms with Gasteiger partial charge in [-0.15, -0.1) is 0 Å². The van der Waals surface area contributed by atoms with Crippen LogP contribution in [-0.4, -0.2) is 6.21 Å². The van der Waals surface area contributed by atoms with Crippen molar-refractivity contribution in [2.24, 2.45) is 4.99 Å². The second kappa shape index (κ2) is 3.20. The van der Waals surface area contributed by atoms with Crippen LogP contribution in [0.25, 0.3) is 17.0 Å². The lowest BCUT2D eigenvalue weighted by Crippen LogP contribution is -1.79. The Labute approximate surface area is 93.6 Å². The van der Waals surface area contributed by atoms with Gasteiger partial charge in [-0.25, -0.2) is 0 Å². The van der Waals surface area contributed by atoms with E-state index in [1.54, 1.807) is 6.26 Å². The van der Waals surface area contributed by atoms with Crippen LogP contribution in [0, 0.1) is 0 Å². The molecule has 0 spiro atoms. The van der Waals surface area contributed by atoms with E-state index in [0.717, 1.165) is 33.4 Å². The first-order chi connectivity index (χ1) is 7.75. The first kappa shape index (κ1) is 9.16. The van der Waals surface area contributed by atoms with E-state index in [1.807, 2.05) is 31.3 Å². The van der Waals surface area contributed by atoms with Gasteiger partial charge in [-0.2, -0.15) is 0 Å². The Kier molecular flexibility index (Phi) is 1.83. The number of hydrogen-bond donors (Lipinski definition) is 0. The lowest BCUT2D eigenvalue weighted by molar-refractivity contribution is 0.615. The lowest BCUT2D eigenvalue weighted by atomic mass is 10.1. The summed E-state index contributed by atoms with van der Waals surface area (Å²) in [5.41, 5.74) is 4.95. The van der Waals surface area contributed by atoms with Crippen LogP contribution in [0.1, 0.15) is 18.1 Å². The van der Waals surface area contributed by atoms with Crippen molar-refractivity contribution >= 4 is 23.3 Å². The summed E-state index contributed by atoms with van der Waals surface area (Å²) in [6, 6.07) is 6.03. The van der Waals surface area contributed by atoms with Crippen molar-refractivity contribution in [3.63, 3.8) is 0 Å². The maximum atomic E-state index is 5.47. The zero-order valence-corrected chi connectivity index (χ0v) is 9.03. The molecule has 2 heteroatoms. The molecule has 78 valence electrons. The molecule has 0 N–H and O–H groups in total. The van der Waals surface area contributed by atoms with Crippen LogP contribution in [-0.2, 0) is 0 Å². The quantitative estimate of drug-likeness (QED) is 0.701. The third kappa shape index (κ3) is 1.23. The maximum Gasteiger partial charge on any atom is 0.135 e. The van der Waals surface area contributed by atoms with Gasteiger partial charge in [-0.1, -0.05) is 18.7 Å². The molecule has 0 saturated heterocycles. The van der Waals surface area contributed by atoms with E-state index in [1.165, 1.54) is 0 Å². The highest BCUT2D eigenvalue weighted by Gasteiger charge is 2.11. The van der Waals surface area contributed by atoms with Crippen LogP contribution in [0.5, 0.6) is 0 Å². The molecule has 0 bridgehead atoms. The van der Waals surface area contributed by atoms with Gasteiger partial charge in [0.05, 0.1) is 5.70 Å². The van der Waals surface area contributed by atoms with Crippen molar-refractivity contribution in [2.45, 2.75) is 6.92 Å². The van der Waals surface area contributed by atoms with E-state index < -0.39 is 0 Å². The Balaban J connectivity index is 2.37. The van der Waals surface area contributed by atoms with Crippen LogP contribution in [0.15, 0.2) is 51.7 Å². The van der Waals surface area contributed by atoms with Gasteiger partial charge in [-0.05, 0) is 30.2 Å². The van der Waals surface area contributed by atoms with Crippen molar-refractivity contribution in [3.8, 4) is 0 Å². The van der Waals surface area contributed by atoms with E-state index in [2.05, 4.69) is 17.6 Å². The summed E-state index contributed by atoms with van der Waals surface area (Å²) in [6.07, 6.45) is 5.63. The number of allylic oxidation sites excluding steroid dienone is 1. The average molecular weight is 209 g/mol. The van der Waals surface area contributed by atoms with Gasteiger partial charge in [0.2, 0.25) is 0 Å². The predicted molar refractivity (Wildman–Crippen MR) is 66.6 cm³/mol. The second-order valence-corrected chi connectivity index (χ2v) is 3.98. The summed E-state index contributed by atoms with van der Waals surface area (Å²) in [7, 11) is 0. The number of hydrogen-bond acceptors (Lipinski definition) is 2. The molecule has 1 aliphatic rings. The Hall–Kier alpha value is -2.09. The number of nitrogens with zero attached hydrogens (tertiary/aromatic N) is 1. The molecule has 1 aromatic carbocycles. The molecular weight excluding hydrogens is 198 g/mol. The standard InChI is InChI=1S/C14H11NO/c1-9(2)12-6-10-4-3-5-13-14(10)11(7-15-12)8-16-13/h3-8H,1H2,2H3.